The number of aromatic nitrogens is 4. The van der Waals surface area contributed by atoms with Crippen LogP contribution in [0.15, 0.2) is 24.3 Å². The summed E-state index contributed by atoms with van der Waals surface area (Å²) in [5.74, 6) is 0.900. The van der Waals surface area contributed by atoms with E-state index in [2.05, 4.69) is 46.5 Å². The third kappa shape index (κ3) is 2.24. The summed E-state index contributed by atoms with van der Waals surface area (Å²) in [5, 5.41) is 13.8. The van der Waals surface area contributed by atoms with Crippen molar-refractivity contribution in [2.75, 3.05) is 6.54 Å². The van der Waals surface area contributed by atoms with Crippen LogP contribution in [0.1, 0.15) is 18.3 Å². The highest BCUT2D eigenvalue weighted by Gasteiger charge is 2.11. The summed E-state index contributed by atoms with van der Waals surface area (Å²) in [6.45, 7) is 2.73. The highest BCUT2D eigenvalue weighted by atomic mass is 32.1. The van der Waals surface area contributed by atoms with Gasteiger partial charge in [0.2, 0.25) is 4.96 Å². The molecule has 2 heterocycles. The maximum atomic E-state index is 5.55. The number of hydrogen-bond donors (Lipinski definition) is 1. The van der Waals surface area contributed by atoms with Crippen LogP contribution in [0.4, 0.5) is 0 Å². The summed E-state index contributed by atoms with van der Waals surface area (Å²) in [5.41, 5.74) is 7.91. The highest BCUT2D eigenvalue weighted by Crippen LogP contribution is 2.25. The fraction of sp³-hybridized carbons (Fsp3) is 0.308. The van der Waals surface area contributed by atoms with E-state index in [0.717, 1.165) is 34.2 Å². The molecule has 0 radical (unpaired) electrons. The average Bonchev–Trinajstić information content (AvgIpc) is 2.99. The molecule has 2 aromatic heterocycles. The van der Waals surface area contributed by atoms with Gasteiger partial charge < -0.3 is 5.73 Å². The molecule has 0 unspecified atom stereocenters. The van der Waals surface area contributed by atoms with E-state index in [1.165, 1.54) is 5.56 Å². The van der Waals surface area contributed by atoms with Crippen LogP contribution in [0.3, 0.4) is 0 Å². The second kappa shape index (κ2) is 5.07. The largest absolute Gasteiger partial charge is 0.330 e. The third-order valence-corrected chi connectivity index (χ3v) is 3.95. The quantitative estimate of drug-likeness (QED) is 0.788. The Kier molecular flexibility index (Phi) is 3.27. The van der Waals surface area contributed by atoms with Crippen molar-refractivity contribution in [2.45, 2.75) is 19.8 Å². The Morgan fingerprint density at radius 3 is 2.68 bits per heavy atom. The Hall–Kier alpha value is -1.79. The summed E-state index contributed by atoms with van der Waals surface area (Å²) in [7, 11) is 0. The van der Waals surface area contributed by atoms with Crippen molar-refractivity contribution in [1.82, 2.24) is 19.8 Å². The summed E-state index contributed by atoms with van der Waals surface area (Å²) >= 11 is 1.56. The number of nitrogens with zero attached hydrogens (tertiary/aromatic N) is 4. The normalized spacial score (nSPS) is 11.3. The molecule has 0 fully saturated rings. The smallest absolute Gasteiger partial charge is 0.234 e. The number of hydrogen-bond acceptors (Lipinski definition) is 5. The van der Waals surface area contributed by atoms with Gasteiger partial charge in [-0.1, -0.05) is 42.5 Å². The minimum atomic E-state index is 0.677. The van der Waals surface area contributed by atoms with E-state index >= 15 is 0 Å². The number of nitrogens with two attached hydrogens (primary N) is 1. The van der Waals surface area contributed by atoms with Crippen LogP contribution in [-0.4, -0.2) is 26.4 Å². The topological polar surface area (TPSA) is 69.1 Å². The fourth-order valence-electron chi connectivity index (χ4n) is 1.98. The van der Waals surface area contributed by atoms with Crippen LogP contribution < -0.4 is 5.73 Å². The molecule has 0 bridgehead atoms. The zero-order valence-corrected chi connectivity index (χ0v) is 11.5. The molecule has 0 spiro atoms. The fourth-order valence-corrected chi connectivity index (χ4v) is 2.84. The minimum Gasteiger partial charge on any atom is -0.330 e. The van der Waals surface area contributed by atoms with Gasteiger partial charge in [0.25, 0.3) is 0 Å². The van der Waals surface area contributed by atoms with Crippen LogP contribution in [0.2, 0.25) is 0 Å². The molecular weight excluding hydrogens is 258 g/mol. The van der Waals surface area contributed by atoms with Gasteiger partial charge in [-0.25, -0.2) is 0 Å². The first-order valence-corrected chi connectivity index (χ1v) is 7.14. The number of benzene rings is 1. The van der Waals surface area contributed by atoms with Crippen LogP contribution in [0.25, 0.3) is 15.5 Å². The standard InChI is InChI=1S/C13H15N5S/c1-2-11-15-16-13-18(11)17-12(19-13)10-5-3-9(4-6-10)7-8-14/h3-6H,2,7-8,14H2,1H3. The number of fused-ring (bicyclic) bond motifs is 1. The van der Waals surface area contributed by atoms with Gasteiger partial charge in [-0.2, -0.15) is 9.61 Å². The van der Waals surface area contributed by atoms with E-state index in [4.69, 9.17) is 5.73 Å². The number of rotatable bonds is 4. The van der Waals surface area contributed by atoms with Gasteiger partial charge >= 0.3 is 0 Å². The molecule has 0 aliphatic rings. The summed E-state index contributed by atoms with van der Waals surface area (Å²) in [6, 6.07) is 8.38. The molecule has 0 atom stereocenters. The van der Waals surface area contributed by atoms with Crippen LogP contribution in [-0.2, 0) is 12.8 Å². The van der Waals surface area contributed by atoms with E-state index in [-0.39, 0.29) is 0 Å². The van der Waals surface area contributed by atoms with Crippen molar-refractivity contribution in [3.05, 3.63) is 35.7 Å². The van der Waals surface area contributed by atoms with E-state index in [1.54, 1.807) is 11.3 Å². The first-order chi connectivity index (χ1) is 9.31. The minimum absolute atomic E-state index is 0.677. The molecule has 0 saturated carbocycles. The lowest BCUT2D eigenvalue weighted by molar-refractivity contribution is 0.838. The predicted molar refractivity (Wildman–Crippen MR) is 76.2 cm³/mol. The molecule has 0 aliphatic heterocycles. The molecule has 3 rings (SSSR count). The molecule has 1 aromatic carbocycles. The maximum absolute atomic E-state index is 5.55. The van der Waals surface area contributed by atoms with Gasteiger partial charge in [0.1, 0.15) is 5.01 Å². The van der Waals surface area contributed by atoms with Gasteiger partial charge in [-0.05, 0) is 18.5 Å². The van der Waals surface area contributed by atoms with Crippen molar-refractivity contribution >= 4 is 16.3 Å². The maximum Gasteiger partial charge on any atom is 0.234 e. The van der Waals surface area contributed by atoms with Gasteiger partial charge in [0.15, 0.2) is 5.82 Å². The van der Waals surface area contributed by atoms with Gasteiger partial charge in [-0.15, -0.1) is 10.2 Å². The highest BCUT2D eigenvalue weighted by molar-refractivity contribution is 7.19. The molecule has 6 heteroatoms. The summed E-state index contributed by atoms with van der Waals surface area (Å²) in [6.07, 6.45) is 1.74. The van der Waals surface area contributed by atoms with Crippen molar-refractivity contribution in [2.24, 2.45) is 5.73 Å². The van der Waals surface area contributed by atoms with Gasteiger partial charge in [-0.3, -0.25) is 0 Å². The summed E-state index contributed by atoms with van der Waals surface area (Å²) < 4.78 is 1.83. The lowest BCUT2D eigenvalue weighted by Crippen LogP contribution is -2.02. The van der Waals surface area contributed by atoms with Crippen molar-refractivity contribution in [3.63, 3.8) is 0 Å². The Morgan fingerprint density at radius 1 is 1.21 bits per heavy atom. The lowest BCUT2D eigenvalue weighted by Gasteiger charge is -1.99. The second-order valence-corrected chi connectivity index (χ2v) is 5.26. The molecular formula is C13H15N5S. The van der Waals surface area contributed by atoms with E-state index in [1.807, 2.05) is 4.52 Å². The molecule has 3 aromatic rings. The molecule has 98 valence electrons. The molecule has 19 heavy (non-hydrogen) atoms. The Balaban J connectivity index is 1.96. The average molecular weight is 273 g/mol. The van der Waals surface area contributed by atoms with E-state index < -0.39 is 0 Å². The molecule has 5 nitrogen and oxygen atoms in total. The van der Waals surface area contributed by atoms with E-state index in [9.17, 15) is 0 Å². The third-order valence-electron chi connectivity index (χ3n) is 3.01. The van der Waals surface area contributed by atoms with Crippen LogP contribution >= 0.6 is 11.3 Å². The summed E-state index contributed by atoms with van der Waals surface area (Å²) in [4.78, 5) is 0.845. The van der Waals surface area contributed by atoms with Crippen LogP contribution in [0, 0.1) is 0 Å². The molecule has 0 amide bonds. The van der Waals surface area contributed by atoms with Crippen molar-refractivity contribution < 1.29 is 0 Å². The van der Waals surface area contributed by atoms with Gasteiger partial charge in [0.05, 0.1) is 0 Å². The molecule has 2 N–H and O–H groups in total. The van der Waals surface area contributed by atoms with Gasteiger partial charge in [0, 0.05) is 12.0 Å². The van der Waals surface area contributed by atoms with Crippen molar-refractivity contribution in [1.29, 1.82) is 0 Å². The lowest BCUT2D eigenvalue weighted by atomic mass is 10.1. The van der Waals surface area contributed by atoms with Crippen LogP contribution in [0.5, 0.6) is 0 Å². The zero-order chi connectivity index (χ0) is 13.2. The molecule has 0 saturated heterocycles. The van der Waals surface area contributed by atoms with Crippen molar-refractivity contribution in [3.8, 4) is 10.6 Å². The predicted octanol–water partition coefficient (Wildman–Crippen LogP) is 1.92. The zero-order valence-electron chi connectivity index (χ0n) is 10.7. The van der Waals surface area contributed by atoms with E-state index in [0.29, 0.717) is 6.54 Å². The Bertz CT molecular complexity index is 683. The molecule has 0 aliphatic carbocycles. The monoisotopic (exact) mass is 273 g/mol. The SMILES string of the molecule is CCc1nnc2sc(-c3ccc(CCN)cc3)nn12. The number of aryl methyl sites for hydroxylation is 1. The second-order valence-electron chi connectivity index (χ2n) is 4.31. The first kappa shape index (κ1) is 12.3. The first-order valence-electron chi connectivity index (χ1n) is 6.32. The Morgan fingerprint density at radius 2 is 2.00 bits per heavy atom. The Labute approximate surface area is 115 Å².